The number of nitrogens with zero attached hydrogens (tertiary/aromatic N) is 2. The van der Waals surface area contributed by atoms with Gasteiger partial charge in [0, 0.05) is 48.8 Å². The van der Waals surface area contributed by atoms with E-state index in [0.717, 1.165) is 42.8 Å². The number of hydrogen-bond acceptors (Lipinski definition) is 4. The number of benzene rings is 1. The SMILES string of the molecule is CCN(CC)CCn1ccc2cc(NC(=O)CCNC(=O)c3ccco3)ccc21. The number of carbonyl (C=O) groups excluding carboxylic acids is 2. The lowest BCUT2D eigenvalue weighted by Crippen LogP contribution is -2.27. The summed E-state index contributed by atoms with van der Waals surface area (Å²) in [5, 5.41) is 6.65. The summed E-state index contributed by atoms with van der Waals surface area (Å²) in [6, 6.07) is 11.2. The number of aromatic nitrogens is 1. The van der Waals surface area contributed by atoms with Crippen LogP contribution in [0, 0.1) is 0 Å². The number of hydrogen-bond donors (Lipinski definition) is 2. The Morgan fingerprint density at radius 1 is 1.14 bits per heavy atom. The Labute approximate surface area is 170 Å². The highest BCUT2D eigenvalue weighted by atomic mass is 16.3. The number of furan rings is 1. The first kappa shape index (κ1) is 20.7. The first-order valence-electron chi connectivity index (χ1n) is 10.0. The van der Waals surface area contributed by atoms with Crippen LogP contribution < -0.4 is 10.6 Å². The van der Waals surface area contributed by atoms with Crippen molar-refractivity contribution in [2.45, 2.75) is 26.8 Å². The molecule has 2 amide bonds. The Morgan fingerprint density at radius 3 is 2.69 bits per heavy atom. The molecule has 7 heteroatoms. The molecule has 0 aliphatic rings. The zero-order valence-electron chi connectivity index (χ0n) is 17.0. The highest BCUT2D eigenvalue weighted by Gasteiger charge is 2.10. The van der Waals surface area contributed by atoms with Gasteiger partial charge in [0.05, 0.1) is 6.26 Å². The Morgan fingerprint density at radius 2 is 1.97 bits per heavy atom. The molecule has 2 heterocycles. The zero-order valence-corrected chi connectivity index (χ0v) is 17.0. The Kier molecular flexibility index (Phi) is 7.08. The number of likely N-dealkylation sites (N-methyl/N-ethyl adjacent to an activating group) is 1. The van der Waals surface area contributed by atoms with Crippen LogP contribution in [-0.4, -0.2) is 47.5 Å². The van der Waals surface area contributed by atoms with E-state index in [1.165, 1.54) is 6.26 Å². The van der Waals surface area contributed by atoms with Gasteiger partial charge in [-0.05, 0) is 49.5 Å². The van der Waals surface area contributed by atoms with Gasteiger partial charge in [0.1, 0.15) is 0 Å². The summed E-state index contributed by atoms with van der Waals surface area (Å²) in [5.74, 6) is -0.235. The molecule has 0 bridgehead atoms. The van der Waals surface area contributed by atoms with Gasteiger partial charge in [-0.1, -0.05) is 13.8 Å². The van der Waals surface area contributed by atoms with Crippen molar-refractivity contribution in [3.05, 3.63) is 54.6 Å². The van der Waals surface area contributed by atoms with Crippen LogP contribution in [0.4, 0.5) is 5.69 Å². The average molecular weight is 396 g/mol. The van der Waals surface area contributed by atoms with E-state index < -0.39 is 0 Å². The van der Waals surface area contributed by atoms with Crippen LogP contribution in [0.15, 0.2) is 53.3 Å². The van der Waals surface area contributed by atoms with E-state index in [2.05, 4.69) is 46.2 Å². The molecule has 0 saturated carbocycles. The fourth-order valence-electron chi connectivity index (χ4n) is 3.27. The first-order valence-corrected chi connectivity index (χ1v) is 10.0. The van der Waals surface area contributed by atoms with Crippen LogP contribution in [0.2, 0.25) is 0 Å². The molecule has 2 aromatic heterocycles. The van der Waals surface area contributed by atoms with Crippen molar-refractivity contribution in [2.75, 3.05) is 31.5 Å². The molecule has 0 unspecified atom stereocenters. The van der Waals surface area contributed by atoms with Gasteiger partial charge in [-0.25, -0.2) is 0 Å². The third kappa shape index (κ3) is 5.48. The number of anilines is 1. The lowest BCUT2D eigenvalue weighted by atomic mass is 10.2. The number of rotatable bonds is 10. The molecule has 2 N–H and O–H groups in total. The van der Waals surface area contributed by atoms with Gasteiger partial charge in [-0.15, -0.1) is 0 Å². The zero-order chi connectivity index (χ0) is 20.6. The van der Waals surface area contributed by atoms with Gasteiger partial charge in [0.15, 0.2) is 5.76 Å². The van der Waals surface area contributed by atoms with Crippen molar-refractivity contribution in [1.82, 2.24) is 14.8 Å². The number of fused-ring (bicyclic) bond motifs is 1. The van der Waals surface area contributed by atoms with Crippen LogP contribution in [0.3, 0.4) is 0 Å². The second-order valence-corrected chi connectivity index (χ2v) is 6.84. The van der Waals surface area contributed by atoms with E-state index in [1.54, 1.807) is 12.1 Å². The molecule has 0 fully saturated rings. The second-order valence-electron chi connectivity index (χ2n) is 6.84. The van der Waals surface area contributed by atoms with Crippen LogP contribution in [0.1, 0.15) is 30.8 Å². The quantitative estimate of drug-likeness (QED) is 0.551. The van der Waals surface area contributed by atoms with E-state index in [1.807, 2.05) is 18.2 Å². The maximum Gasteiger partial charge on any atom is 0.286 e. The van der Waals surface area contributed by atoms with Crippen LogP contribution in [-0.2, 0) is 11.3 Å². The van der Waals surface area contributed by atoms with Crippen molar-refractivity contribution >= 4 is 28.4 Å². The van der Waals surface area contributed by atoms with E-state index in [9.17, 15) is 9.59 Å². The highest BCUT2D eigenvalue weighted by molar-refractivity contribution is 5.95. The molecule has 0 atom stereocenters. The van der Waals surface area contributed by atoms with Gasteiger partial charge in [-0.3, -0.25) is 9.59 Å². The standard InChI is InChI=1S/C22H28N4O3/c1-3-25(4-2)13-14-26-12-10-17-16-18(7-8-19(17)26)24-21(27)9-11-23-22(28)20-6-5-15-29-20/h5-8,10,12,15-16H,3-4,9,11,13-14H2,1-2H3,(H,23,28)(H,24,27). The molecular weight excluding hydrogens is 368 g/mol. The lowest BCUT2D eigenvalue weighted by molar-refractivity contribution is -0.116. The number of nitrogens with one attached hydrogen (secondary N) is 2. The summed E-state index contributed by atoms with van der Waals surface area (Å²) in [6.45, 7) is 8.64. The van der Waals surface area contributed by atoms with Crippen molar-refractivity contribution in [2.24, 2.45) is 0 Å². The maximum absolute atomic E-state index is 12.2. The molecule has 3 aromatic rings. The van der Waals surface area contributed by atoms with E-state index in [0.29, 0.717) is 0 Å². The smallest absolute Gasteiger partial charge is 0.286 e. The predicted octanol–water partition coefficient (Wildman–Crippen LogP) is 3.33. The molecule has 0 aliphatic carbocycles. The minimum Gasteiger partial charge on any atom is -0.459 e. The minimum absolute atomic E-state index is 0.148. The van der Waals surface area contributed by atoms with Crippen molar-refractivity contribution < 1.29 is 14.0 Å². The van der Waals surface area contributed by atoms with Gasteiger partial charge in [-0.2, -0.15) is 0 Å². The highest BCUT2D eigenvalue weighted by Crippen LogP contribution is 2.21. The van der Waals surface area contributed by atoms with Crippen LogP contribution >= 0.6 is 0 Å². The molecule has 0 saturated heterocycles. The number of carbonyl (C=O) groups is 2. The van der Waals surface area contributed by atoms with E-state index in [-0.39, 0.29) is 30.5 Å². The Hall–Kier alpha value is -3.06. The minimum atomic E-state index is -0.324. The first-order chi connectivity index (χ1) is 14.1. The lowest BCUT2D eigenvalue weighted by Gasteiger charge is -2.18. The summed E-state index contributed by atoms with van der Waals surface area (Å²) in [5.41, 5.74) is 1.90. The van der Waals surface area contributed by atoms with Crippen molar-refractivity contribution in [1.29, 1.82) is 0 Å². The maximum atomic E-state index is 12.2. The summed E-state index contributed by atoms with van der Waals surface area (Å²) in [7, 11) is 0. The van der Waals surface area contributed by atoms with Gasteiger partial charge >= 0.3 is 0 Å². The van der Waals surface area contributed by atoms with Crippen LogP contribution in [0.5, 0.6) is 0 Å². The molecule has 3 rings (SSSR count). The molecule has 0 aliphatic heterocycles. The molecule has 0 radical (unpaired) electrons. The molecular formula is C22H28N4O3. The normalized spacial score (nSPS) is 11.1. The third-order valence-electron chi connectivity index (χ3n) is 4.99. The average Bonchev–Trinajstić information content (AvgIpc) is 3.39. The monoisotopic (exact) mass is 396 g/mol. The summed E-state index contributed by atoms with van der Waals surface area (Å²) >= 11 is 0. The summed E-state index contributed by atoms with van der Waals surface area (Å²) in [6.07, 6.45) is 3.72. The summed E-state index contributed by atoms with van der Waals surface area (Å²) in [4.78, 5) is 26.3. The Balaban J connectivity index is 1.51. The topological polar surface area (TPSA) is 79.5 Å². The molecule has 29 heavy (non-hydrogen) atoms. The fourth-order valence-corrected chi connectivity index (χ4v) is 3.27. The van der Waals surface area contributed by atoms with E-state index >= 15 is 0 Å². The largest absolute Gasteiger partial charge is 0.459 e. The van der Waals surface area contributed by atoms with E-state index in [4.69, 9.17) is 4.42 Å². The molecule has 7 nitrogen and oxygen atoms in total. The second kappa shape index (κ2) is 9.93. The van der Waals surface area contributed by atoms with Crippen molar-refractivity contribution in [3.8, 4) is 0 Å². The van der Waals surface area contributed by atoms with Gasteiger partial charge in [0.25, 0.3) is 5.91 Å². The van der Waals surface area contributed by atoms with Gasteiger partial charge < -0.3 is 24.5 Å². The van der Waals surface area contributed by atoms with Gasteiger partial charge in [0.2, 0.25) is 5.91 Å². The van der Waals surface area contributed by atoms with Crippen LogP contribution in [0.25, 0.3) is 10.9 Å². The fraction of sp³-hybridized carbons (Fsp3) is 0.364. The predicted molar refractivity (Wildman–Crippen MR) is 114 cm³/mol. The molecule has 1 aromatic carbocycles. The molecule has 154 valence electrons. The Bertz CT molecular complexity index is 942. The number of amides is 2. The summed E-state index contributed by atoms with van der Waals surface area (Å²) < 4.78 is 7.26. The third-order valence-corrected chi connectivity index (χ3v) is 4.99. The molecule has 0 spiro atoms. The van der Waals surface area contributed by atoms with Crippen molar-refractivity contribution in [3.63, 3.8) is 0 Å².